The summed E-state index contributed by atoms with van der Waals surface area (Å²) >= 11 is 7.27. The number of aromatic nitrogens is 2. The first kappa shape index (κ1) is 22.1. The fourth-order valence-electron chi connectivity index (χ4n) is 3.13. The number of rotatable bonds is 7. The average Bonchev–Trinajstić information content (AvgIpc) is 3.19. The number of nitrogens with zero attached hydrogens (tertiary/aromatic N) is 2. The molecule has 0 bridgehead atoms. The third-order valence-corrected chi connectivity index (χ3v) is 7.80. The van der Waals surface area contributed by atoms with Crippen LogP contribution in [0.5, 0.6) is 0 Å². The fraction of sp³-hybridized carbons (Fsp3) is 0.300. The number of amides is 1. The quantitative estimate of drug-likeness (QED) is 0.504. The summed E-state index contributed by atoms with van der Waals surface area (Å²) in [5, 5.41) is 4.10. The van der Waals surface area contributed by atoms with E-state index in [2.05, 4.69) is 15.3 Å². The Labute approximate surface area is 189 Å². The third kappa shape index (κ3) is 5.39. The minimum atomic E-state index is -3.52. The zero-order chi connectivity index (χ0) is 21.8. The summed E-state index contributed by atoms with van der Waals surface area (Å²) in [5.74, 6) is 0.0605. The van der Waals surface area contributed by atoms with Gasteiger partial charge in [-0.15, -0.1) is 0 Å². The molecule has 0 atom stereocenters. The van der Waals surface area contributed by atoms with Gasteiger partial charge in [0.25, 0.3) is 0 Å². The van der Waals surface area contributed by atoms with E-state index in [4.69, 9.17) is 16.3 Å². The van der Waals surface area contributed by atoms with Crippen molar-refractivity contribution in [2.24, 2.45) is 0 Å². The molecule has 0 spiro atoms. The normalized spacial score (nSPS) is 15.3. The largest absolute Gasteiger partial charge is 0.379 e. The molecule has 2 heterocycles. The molecule has 31 heavy (non-hydrogen) atoms. The number of morpholine rings is 1. The van der Waals surface area contributed by atoms with E-state index in [1.807, 2.05) is 6.07 Å². The molecule has 2 N–H and O–H groups in total. The second-order valence-electron chi connectivity index (χ2n) is 6.93. The van der Waals surface area contributed by atoms with Crippen molar-refractivity contribution in [3.63, 3.8) is 0 Å². The van der Waals surface area contributed by atoms with Crippen molar-refractivity contribution < 1.29 is 17.9 Å². The predicted molar refractivity (Wildman–Crippen MR) is 120 cm³/mol. The van der Waals surface area contributed by atoms with Crippen molar-refractivity contribution in [1.29, 1.82) is 0 Å². The monoisotopic (exact) mass is 480 g/mol. The number of carbonyl (C=O) groups is 1. The molecular formula is C20H21ClN4O4S2. The van der Waals surface area contributed by atoms with Crippen molar-refractivity contribution in [2.75, 3.05) is 32.1 Å². The van der Waals surface area contributed by atoms with Crippen LogP contribution in [-0.2, 0) is 26.1 Å². The molecule has 1 saturated heterocycles. The van der Waals surface area contributed by atoms with E-state index >= 15 is 0 Å². The van der Waals surface area contributed by atoms with Crippen LogP contribution in [0.4, 0.5) is 0 Å². The molecule has 1 aromatic heterocycles. The Bertz CT molecular complexity index is 1180. The van der Waals surface area contributed by atoms with Crippen molar-refractivity contribution in [2.45, 2.75) is 16.6 Å². The van der Waals surface area contributed by atoms with Crippen molar-refractivity contribution in [1.82, 2.24) is 19.6 Å². The van der Waals surface area contributed by atoms with Gasteiger partial charge < -0.3 is 15.0 Å². The van der Waals surface area contributed by atoms with Gasteiger partial charge in [0.2, 0.25) is 15.9 Å². The zero-order valence-corrected chi connectivity index (χ0v) is 18.9. The third-order valence-electron chi connectivity index (χ3n) is 4.78. The van der Waals surface area contributed by atoms with Crippen LogP contribution in [0.15, 0.2) is 52.5 Å². The van der Waals surface area contributed by atoms with Crippen LogP contribution in [0, 0.1) is 0 Å². The molecule has 0 aliphatic carbocycles. The summed E-state index contributed by atoms with van der Waals surface area (Å²) < 4.78 is 31.9. The highest BCUT2D eigenvalue weighted by Gasteiger charge is 2.26. The SMILES string of the molecule is O=C(CSc1nc2ccc(Cl)cc2[nH]1)NCc1ccc(S(=O)(=O)N2CCOCC2)cc1. The Morgan fingerprint density at radius 1 is 1.19 bits per heavy atom. The van der Waals surface area contributed by atoms with Gasteiger partial charge in [0.1, 0.15) is 0 Å². The maximum atomic E-state index is 12.6. The first-order chi connectivity index (χ1) is 14.9. The molecule has 1 amide bonds. The molecule has 1 fully saturated rings. The summed E-state index contributed by atoms with van der Waals surface area (Å²) in [6, 6.07) is 11.9. The summed E-state index contributed by atoms with van der Waals surface area (Å²) in [5.41, 5.74) is 2.43. The Balaban J connectivity index is 1.28. The number of sulfonamides is 1. The van der Waals surface area contributed by atoms with Gasteiger partial charge in [0, 0.05) is 24.7 Å². The van der Waals surface area contributed by atoms with E-state index in [-0.39, 0.29) is 16.6 Å². The maximum Gasteiger partial charge on any atom is 0.243 e. The Kier molecular flexibility index (Phi) is 6.83. The number of benzene rings is 2. The summed E-state index contributed by atoms with van der Waals surface area (Å²) in [7, 11) is -3.52. The number of imidazole rings is 1. The number of ether oxygens (including phenoxy) is 1. The molecule has 4 rings (SSSR count). The van der Waals surface area contributed by atoms with Gasteiger partial charge in [0.05, 0.1) is 34.9 Å². The van der Waals surface area contributed by atoms with Gasteiger partial charge >= 0.3 is 0 Å². The molecule has 0 unspecified atom stereocenters. The van der Waals surface area contributed by atoms with Gasteiger partial charge in [0.15, 0.2) is 5.16 Å². The van der Waals surface area contributed by atoms with E-state index in [1.54, 1.807) is 36.4 Å². The van der Waals surface area contributed by atoms with Crippen LogP contribution in [-0.4, -0.2) is 60.7 Å². The summed E-state index contributed by atoms with van der Waals surface area (Å²) in [6.45, 7) is 1.84. The van der Waals surface area contributed by atoms with Crippen molar-refractivity contribution in [3.8, 4) is 0 Å². The van der Waals surface area contributed by atoms with E-state index in [0.29, 0.717) is 43.0 Å². The average molecular weight is 481 g/mol. The molecule has 8 nitrogen and oxygen atoms in total. The maximum absolute atomic E-state index is 12.6. The van der Waals surface area contributed by atoms with Crippen LogP contribution in [0.2, 0.25) is 5.02 Å². The highest BCUT2D eigenvalue weighted by molar-refractivity contribution is 7.99. The van der Waals surface area contributed by atoms with Gasteiger partial charge in [-0.1, -0.05) is 35.5 Å². The minimum absolute atomic E-state index is 0.145. The van der Waals surface area contributed by atoms with Gasteiger partial charge in [-0.3, -0.25) is 4.79 Å². The Hall–Kier alpha value is -2.11. The molecular weight excluding hydrogens is 460 g/mol. The molecule has 0 saturated carbocycles. The lowest BCUT2D eigenvalue weighted by Crippen LogP contribution is -2.40. The number of carbonyl (C=O) groups excluding carboxylic acids is 1. The zero-order valence-electron chi connectivity index (χ0n) is 16.5. The molecule has 1 aliphatic heterocycles. The number of aromatic amines is 1. The van der Waals surface area contributed by atoms with E-state index in [1.165, 1.54) is 16.1 Å². The molecule has 1 aliphatic rings. The molecule has 0 radical (unpaired) electrons. The standard InChI is InChI=1S/C20H21ClN4O4S2/c21-15-3-6-17-18(11-15)24-20(23-17)30-13-19(26)22-12-14-1-4-16(5-2-14)31(27,28)25-7-9-29-10-8-25/h1-6,11H,7-10,12-13H2,(H,22,26)(H,23,24). The lowest BCUT2D eigenvalue weighted by molar-refractivity contribution is -0.118. The minimum Gasteiger partial charge on any atom is -0.379 e. The van der Waals surface area contributed by atoms with Gasteiger partial charge in [-0.2, -0.15) is 4.31 Å². The molecule has 11 heteroatoms. The molecule has 164 valence electrons. The fourth-order valence-corrected chi connectivity index (χ4v) is 5.42. The van der Waals surface area contributed by atoms with E-state index in [0.717, 1.165) is 16.6 Å². The summed E-state index contributed by atoms with van der Waals surface area (Å²) in [6.07, 6.45) is 0. The number of thioether (sulfide) groups is 1. The van der Waals surface area contributed by atoms with Crippen LogP contribution >= 0.6 is 23.4 Å². The second kappa shape index (κ2) is 9.58. The highest BCUT2D eigenvalue weighted by Crippen LogP contribution is 2.22. The van der Waals surface area contributed by atoms with Crippen LogP contribution in [0.1, 0.15) is 5.56 Å². The lowest BCUT2D eigenvalue weighted by atomic mass is 10.2. The highest BCUT2D eigenvalue weighted by atomic mass is 35.5. The first-order valence-electron chi connectivity index (χ1n) is 9.63. The van der Waals surface area contributed by atoms with Gasteiger partial charge in [-0.25, -0.2) is 13.4 Å². The van der Waals surface area contributed by atoms with Crippen LogP contribution in [0.3, 0.4) is 0 Å². The number of nitrogens with one attached hydrogen (secondary N) is 2. The van der Waals surface area contributed by atoms with Crippen molar-refractivity contribution >= 4 is 50.3 Å². The van der Waals surface area contributed by atoms with E-state index in [9.17, 15) is 13.2 Å². The first-order valence-corrected chi connectivity index (χ1v) is 12.4. The number of fused-ring (bicyclic) bond motifs is 1. The Morgan fingerprint density at radius 2 is 1.94 bits per heavy atom. The molecule has 2 aromatic carbocycles. The number of hydrogen-bond acceptors (Lipinski definition) is 6. The van der Waals surface area contributed by atoms with Crippen molar-refractivity contribution in [3.05, 3.63) is 53.1 Å². The second-order valence-corrected chi connectivity index (χ2v) is 10.3. The number of hydrogen-bond donors (Lipinski definition) is 2. The lowest BCUT2D eigenvalue weighted by Gasteiger charge is -2.26. The predicted octanol–water partition coefficient (Wildman–Crippen LogP) is 2.65. The summed E-state index contributed by atoms with van der Waals surface area (Å²) in [4.78, 5) is 20.0. The Morgan fingerprint density at radius 3 is 2.68 bits per heavy atom. The van der Waals surface area contributed by atoms with Crippen LogP contribution < -0.4 is 5.32 Å². The topological polar surface area (TPSA) is 104 Å². The number of H-pyrrole nitrogens is 1. The smallest absolute Gasteiger partial charge is 0.243 e. The van der Waals surface area contributed by atoms with E-state index < -0.39 is 10.0 Å². The molecule has 3 aromatic rings. The number of halogens is 1. The van der Waals surface area contributed by atoms with Gasteiger partial charge in [-0.05, 0) is 35.9 Å². The van der Waals surface area contributed by atoms with Crippen LogP contribution in [0.25, 0.3) is 11.0 Å².